The fourth-order valence-corrected chi connectivity index (χ4v) is 3.91. The molecule has 0 atom stereocenters. The summed E-state index contributed by atoms with van der Waals surface area (Å²) in [5.74, 6) is -0.717. The third-order valence-corrected chi connectivity index (χ3v) is 5.67. The number of rotatable bonds is 8. The molecule has 0 bridgehead atoms. The molecule has 1 aliphatic rings. The highest BCUT2D eigenvalue weighted by Crippen LogP contribution is 2.19. The number of nitrogens with one attached hydrogen (secondary N) is 1. The Kier molecular flexibility index (Phi) is 6.52. The molecule has 1 fully saturated rings. The van der Waals surface area contributed by atoms with Gasteiger partial charge in [0.25, 0.3) is 5.91 Å². The number of unbranched alkanes of at least 4 members (excludes halogenated alkanes) is 1. The summed E-state index contributed by atoms with van der Waals surface area (Å²) in [6.45, 7) is 5.27. The zero-order chi connectivity index (χ0) is 21.6. The molecule has 7 heteroatoms. The van der Waals surface area contributed by atoms with Gasteiger partial charge in [-0.3, -0.25) is 9.69 Å². The Balaban J connectivity index is 1.15. The van der Waals surface area contributed by atoms with Crippen LogP contribution in [0, 0.1) is 0 Å². The third kappa shape index (κ3) is 5.24. The van der Waals surface area contributed by atoms with Gasteiger partial charge in [0.15, 0.2) is 5.76 Å². The average Bonchev–Trinajstić information content (AvgIpc) is 3.24. The largest absolute Gasteiger partial charge is 0.478 e. The van der Waals surface area contributed by atoms with E-state index in [1.165, 1.54) is 0 Å². The summed E-state index contributed by atoms with van der Waals surface area (Å²) >= 11 is 0. The lowest BCUT2D eigenvalue weighted by Gasteiger charge is -2.36. The fraction of sp³-hybridized carbons (Fsp3) is 0.333. The van der Waals surface area contributed by atoms with Gasteiger partial charge >= 0.3 is 5.97 Å². The number of hydrogen-bond donors (Lipinski definition) is 2. The van der Waals surface area contributed by atoms with Crippen LogP contribution < -0.4 is 10.2 Å². The number of hydrogen-bond acceptors (Lipinski definition) is 5. The molecule has 2 aromatic carbocycles. The van der Waals surface area contributed by atoms with E-state index >= 15 is 0 Å². The van der Waals surface area contributed by atoms with Crippen molar-refractivity contribution in [2.24, 2.45) is 0 Å². The van der Waals surface area contributed by atoms with Gasteiger partial charge in [-0.1, -0.05) is 24.3 Å². The minimum atomic E-state index is -0.895. The molecule has 3 aromatic rings. The van der Waals surface area contributed by atoms with Gasteiger partial charge in [0.05, 0.1) is 5.56 Å². The van der Waals surface area contributed by atoms with Crippen molar-refractivity contribution in [3.63, 3.8) is 0 Å². The smallest absolute Gasteiger partial charge is 0.335 e. The summed E-state index contributed by atoms with van der Waals surface area (Å²) in [6.07, 6.45) is 1.92. The van der Waals surface area contributed by atoms with Crippen LogP contribution in [0.3, 0.4) is 0 Å². The molecule has 1 amide bonds. The number of nitrogens with zero attached hydrogens (tertiary/aromatic N) is 2. The molecule has 2 heterocycles. The molecule has 31 heavy (non-hydrogen) atoms. The normalized spacial score (nSPS) is 14.6. The molecule has 1 aliphatic heterocycles. The van der Waals surface area contributed by atoms with Crippen molar-refractivity contribution in [3.05, 3.63) is 65.9 Å². The number of fused-ring (bicyclic) bond motifs is 1. The van der Waals surface area contributed by atoms with Crippen molar-refractivity contribution in [2.75, 3.05) is 44.2 Å². The summed E-state index contributed by atoms with van der Waals surface area (Å²) in [6, 6.07) is 16.5. The molecule has 2 N–H and O–H groups in total. The van der Waals surface area contributed by atoms with E-state index in [9.17, 15) is 9.59 Å². The van der Waals surface area contributed by atoms with Crippen LogP contribution in [0.1, 0.15) is 33.8 Å². The van der Waals surface area contributed by atoms with Gasteiger partial charge < -0.3 is 19.7 Å². The minimum Gasteiger partial charge on any atom is -0.478 e. The predicted molar refractivity (Wildman–Crippen MR) is 120 cm³/mol. The average molecular weight is 421 g/mol. The quantitative estimate of drug-likeness (QED) is 0.542. The number of amides is 1. The molecule has 7 nitrogen and oxygen atoms in total. The number of carboxylic acid groups (broad SMARTS) is 1. The van der Waals surface area contributed by atoms with Crippen LogP contribution >= 0.6 is 0 Å². The van der Waals surface area contributed by atoms with Crippen LogP contribution in [0.5, 0.6) is 0 Å². The summed E-state index contributed by atoms with van der Waals surface area (Å²) < 4.78 is 5.59. The first-order chi connectivity index (χ1) is 15.1. The summed E-state index contributed by atoms with van der Waals surface area (Å²) in [5, 5.41) is 13.0. The summed E-state index contributed by atoms with van der Waals surface area (Å²) in [4.78, 5) is 28.1. The van der Waals surface area contributed by atoms with E-state index in [0.717, 1.165) is 62.2 Å². The molecule has 1 saturated heterocycles. The van der Waals surface area contributed by atoms with Crippen LogP contribution in [-0.4, -0.2) is 61.2 Å². The molecule has 4 rings (SSSR count). The molecule has 0 radical (unpaired) electrons. The first kappa shape index (κ1) is 20.9. The zero-order valence-corrected chi connectivity index (χ0v) is 17.4. The first-order valence-corrected chi connectivity index (χ1v) is 10.7. The number of carbonyl (C=O) groups is 2. The Morgan fingerprint density at radius 3 is 2.55 bits per heavy atom. The van der Waals surface area contributed by atoms with Gasteiger partial charge in [0, 0.05) is 43.8 Å². The van der Waals surface area contributed by atoms with Crippen molar-refractivity contribution >= 4 is 28.5 Å². The number of benzene rings is 2. The summed E-state index contributed by atoms with van der Waals surface area (Å²) in [5.41, 5.74) is 2.01. The van der Waals surface area contributed by atoms with Crippen LogP contribution in [0.2, 0.25) is 0 Å². The van der Waals surface area contributed by atoms with E-state index in [0.29, 0.717) is 17.9 Å². The Morgan fingerprint density at radius 2 is 1.77 bits per heavy atom. The number of furan rings is 1. The number of para-hydroxylation sites is 1. The lowest BCUT2D eigenvalue weighted by molar-refractivity contribution is 0.0696. The highest BCUT2D eigenvalue weighted by atomic mass is 16.4. The second-order valence-electron chi connectivity index (χ2n) is 7.80. The van der Waals surface area contributed by atoms with E-state index in [2.05, 4.69) is 15.1 Å². The maximum Gasteiger partial charge on any atom is 0.335 e. The van der Waals surface area contributed by atoms with Crippen LogP contribution in [0.15, 0.2) is 59.0 Å². The number of carbonyl (C=O) groups excluding carboxylic acids is 1. The second-order valence-corrected chi connectivity index (χ2v) is 7.80. The lowest BCUT2D eigenvalue weighted by atomic mass is 10.1. The van der Waals surface area contributed by atoms with E-state index in [4.69, 9.17) is 9.52 Å². The van der Waals surface area contributed by atoms with Crippen molar-refractivity contribution in [3.8, 4) is 0 Å². The lowest BCUT2D eigenvalue weighted by Crippen LogP contribution is -2.46. The van der Waals surface area contributed by atoms with Crippen LogP contribution in [0.4, 0.5) is 5.69 Å². The summed E-state index contributed by atoms with van der Waals surface area (Å²) in [7, 11) is 0. The maximum atomic E-state index is 12.3. The molecular weight excluding hydrogens is 394 g/mol. The van der Waals surface area contributed by atoms with Crippen molar-refractivity contribution in [1.82, 2.24) is 10.2 Å². The first-order valence-electron chi connectivity index (χ1n) is 10.7. The highest BCUT2D eigenvalue weighted by Gasteiger charge is 2.18. The van der Waals surface area contributed by atoms with Crippen LogP contribution in [0.25, 0.3) is 11.0 Å². The monoisotopic (exact) mass is 421 g/mol. The fourth-order valence-electron chi connectivity index (χ4n) is 3.91. The van der Waals surface area contributed by atoms with Gasteiger partial charge in [0.1, 0.15) is 5.58 Å². The number of carboxylic acids is 1. The van der Waals surface area contributed by atoms with E-state index in [-0.39, 0.29) is 5.91 Å². The Bertz CT molecular complexity index is 1020. The number of anilines is 1. The van der Waals surface area contributed by atoms with Crippen LogP contribution in [-0.2, 0) is 0 Å². The predicted octanol–water partition coefficient (Wildman–Crippen LogP) is 3.46. The Labute approximate surface area is 181 Å². The molecule has 1 aromatic heterocycles. The second kappa shape index (κ2) is 9.66. The van der Waals surface area contributed by atoms with Crippen molar-refractivity contribution in [1.29, 1.82) is 0 Å². The Hall–Kier alpha value is -3.32. The topological polar surface area (TPSA) is 86.0 Å². The van der Waals surface area contributed by atoms with Gasteiger partial charge in [-0.25, -0.2) is 4.79 Å². The van der Waals surface area contributed by atoms with Gasteiger partial charge in [-0.15, -0.1) is 0 Å². The molecule has 0 spiro atoms. The van der Waals surface area contributed by atoms with Crippen molar-refractivity contribution in [2.45, 2.75) is 12.8 Å². The van der Waals surface area contributed by atoms with E-state index in [1.54, 1.807) is 24.3 Å². The molecule has 0 unspecified atom stereocenters. The maximum absolute atomic E-state index is 12.3. The zero-order valence-electron chi connectivity index (χ0n) is 17.4. The highest BCUT2D eigenvalue weighted by molar-refractivity contribution is 5.96. The standard InChI is InChI=1S/C24H27N3O4/c28-23(22-17-18-6-1-2-9-21(18)31-22)25-10-3-4-11-26-12-14-27(15-13-26)20-8-5-7-19(16-20)24(29)30/h1-2,5-9,16-17H,3-4,10-15H2,(H,25,28)(H,29,30). The van der Waals surface area contributed by atoms with Crippen molar-refractivity contribution < 1.29 is 19.1 Å². The molecule has 0 saturated carbocycles. The van der Waals surface area contributed by atoms with Gasteiger partial charge in [-0.2, -0.15) is 0 Å². The molecular formula is C24H27N3O4. The van der Waals surface area contributed by atoms with Gasteiger partial charge in [-0.05, 0) is 49.7 Å². The number of aromatic carboxylic acids is 1. The van der Waals surface area contributed by atoms with E-state index < -0.39 is 5.97 Å². The van der Waals surface area contributed by atoms with E-state index in [1.807, 2.05) is 30.3 Å². The molecule has 162 valence electrons. The third-order valence-electron chi connectivity index (χ3n) is 5.67. The number of piperazine rings is 1. The van der Waals surface area contributed by atoms with Gasteiger partial charge in [0.2, 0.25) is 0 Å². The Morgan fingerprint density at radius 1 is 0.968 bits per heavy atom. The molecule has 0 aliphatic carbocycles. The SMILES string of the molecule is O=C(O)c1cccc(N2CCN(CCCCNC(=O)c3cc4ccccc4o3)CC2)c1. The minimum absolute atomic E-state index is 0.173.